The second-order valence-corrected chi connectivity index (χ2v) is 4.52. The number of hydrogen-bond donors (Lipinski definition) is 2. The summed E-state index contributed by atoms with van der Waals surface area (Å²) < 4.78 is 31.5. The summed E-state index contributed by atoms with van der Waals surface area (Å²) in [6.45, 7) is 0. The standard InChI is InChI=1S/C15H9F2N3O3/c16-10-3-1-8(5-11(10)17)13-7-19-15(23-13)20-9-2-4-12(14(21)22)18-6-9/h1-7H,(H,19,20)(H,21,22). The van der Waals surface area contributed by atoms with E-state index in [0.29, 0.717) is 11.3 Å². The zero-order valence-electron chi connectivity index (χ0n) is 11.5. The molecule has 23 heavy (non-hydrogen) atoms. The summed E-state index contributed by atoms with van der Waals surface area (Å²) in [6.07, 6.45) is 2.67. The van der Waals surface area contributed by atoms with Gasteiger partial charge in [-0.05, 0) is 30.3 Å². The third kappa shape index (κ3) is 3.15. The molecular formula is C15H9F2N3O3. The van der Waals surface area contributed by atoms with Crippen molar-refractivity contribution in [2.24, 2.45) is 0 Å². The number of nitrogens with one attached hydrogen (secondary N) is 1. The number of halogens is 2. The fourth-order valence-electron chi connectivity index (χ4n) is 1.83. The molecule has 2 heterocycles. The Morgan fingerprint density at radius 1 is 1.09 bits per heavy atom. The third-order valence-corrected chi connectivity index (χ3v) is 2.94. The number of benzene rings is 1. The Labute approximate surface area is 128 Å². The summed E-state index contributed by atoms with van der Waals surface area (Å²) in [6, 6.07) is 6.29. The van der Waals surface area contributed by atoms with Gasteiger partial charge in [0.25, 0.3) is 6.01 Å². The lowest BCUT2D eigenvalue weighted by Gasteiger charge is -2.01. The molecule has 8 heteroatoms. The SMILES string of the molecule is O=C(O)c1ccc(Nc2ncc(-c3ccc(F)c(F)c3)o2)cn1. The molecule has 0 unspecified atom stereocenters. The van der Waals surface area contributed by atoms with Gasteiger partial charge in [-0.2, -0.15) is 0 Å². The van der Waals surface area contributed by atoms with Crippen LogP contribution in [0.25, 0.3) is 11.3 Å². The zero-order valence-corrected chi connectivity index (χ0v) is 11.5. The van der Waals surface area contributed by atoms with Gasteiger partial charge in [0, 0.05) is 5.56 Å². The highest BCUT2D eigenvalue weighted by atomic mass is 19.2. The highest BCUT2D eigenvalue weighted by Gasteiger charge is 2.10. The van der Waals surface area contributed by atoms with Crippen molar-refractivity contribution in [2.75, 3.05) is 5.32 Å². The molecule has 2 N–H and O–H groups in total. The highest BCUT2D eigenvalue weighted by molar-refractivity contribution is 5.85. The molecule has 0 aliphatic carbocycles. The lowest BCUT2D eigenvalue weighted by molar-refractivity contribution is 0.0690. The molecule has 0 radical (unpaired) electrons. The van der Waals surface area contributed by atoms with E-state index in [1.54, 1.807) is 0 Å². The number of hydrogen-bond acceptors (Lipinski definition) is 5. The fourth-order valence-corrected chi connectivity index (χ4v) is 1.83. The molecule has 1 aromatic carbocycles. The maximum absolute atomic E-state index is 13.2. The van der Waals surface area contributed by atoms with Crippen LogP contribution in [0.3, 0.4) is 0 Å². The van der Waals surface area contributed by atoms with E-state index in [4.69, 9.17) is 9.52 Å². The minimum Gasteiger partial charge on any atom is -0.477 e. The van der Waals surface area contributed by atoms with Gasteiger partial charge in [0.15, 0.2) is 17.4 Å². The van der Waals surface area contributed by atoms with Crippen molar-refractivity contribution in [2.45, 2.75) is 0 Å². The normalized spacial score (nSPS) is 10.5. The number of carboxylic acid groups (broad SMARTS) is 1. The summed E-state index contributed by atoms with van der Waals surface area (Å²) in [5, 5.41) is 11.6. The van der Waals surface area contributed by atoms with Gasteiger partial charge < -0.3 is 14.8 Å². The number of aromatic nitrogens is 2. The number of anilines is 2. The first kappa shape index (κ1) is 14.6. The smallest absolute Gasteiger partial charge is 0.354 e. The Hall–Kier alpha value is -3.29. The summed E-state index contributed by atoms with van der Waals surface area (Å²) in [5.41, 5.74) is 0.711. The van der Waals surface area contributed by atoms with Crippen molar-refractivity contribution >= 4 is 17.7 Å². The first-order valence-electron chi connectivity index (χ1n) is 6.40. The molecule has 2 aromatic heterocycles. The van der Waals surface area contributed by atoms with Gasteiger partial charge in [0.1, 0.15) is 5.69 Å². The van der Waals surface area contributed by atoms with Crippen molar-refractivity contribution in [3.63, 3.8) is 0 Å². The van der Waals surface area contributed by atoms with Gasteiger partial charge in [-0.25, -0.2) is 23.5 Å². The maximum Gasteiger partial charge on any atom is 0.354 e. The van der Waals surface area contributed by atoms with E-state index in [-0.39, 0.29) is 17.5 Å². The Bertz CT molecular complexity index is 863. The Morgan fingerprint density at radius 2 is 1.91 bits per heavy atom. The molecule has 0 saturated heterocycles. The van der Waals surface area contributed by atoms with E-state index >= 15 is 0 Å². The van der Waals surface area contributed by atoms with Crippen molar-refractivity contribution in [1.29, 1.82) is 0 Å². The van der Waals surface area contributed by atoms with Crippen molar-refractivity contribution < 1.29 is 23.1 Å². The minimum atomic E-state index is -1.13. The van der Waals surface area contributed by atoms with Crippen LogP contribution in [0.1, 0.15) is 10.5 Å². The van der Waals surface area contributed by atoms with Crippen LogP contribution in [-0.2, 0) is 0 Å². The zero-order chi connectivity index (χ0) is 16.4. The van der Waals surface area contributed by atoms with Crippen LogP contribution in [0.15, 0.2) is 47.1 Å². The van der Waals surface area contributed by atoms with Crippen LogP contribution in [0.5, 0.6) is 0 Å². The van der Waals surface area contributed by atoms with E-state index < -0.39 is 17.6 Å². The minimum absolute atomic E-state index is 0.0922. The molecule has 0 atom stereocenters. The lowest BCUT2D eigenvalue weighted by atomic mass is 10.2. The molecule has 116 valence electrons. The molecule has 0 saturated carbocycles. The van der Waals surface area contributed by atoms with Gasteiger partial charge in [-0.15, -0.1) is 0 Å². The summed E-state index contributed by atoms with van der Waals surface area (Å²) in [7, 11) is 0. The first-order chi connectivity index (χ1) is 11.0. The number of rotatable bonds is 4. The van der Waals surface area contributed by atoms with Gasteiger partial charge >= 0.3 is 5.97 Å². The molecule has 0 bridgehead atoms. The molecule has 0 aliphatic heterocycles. The molecular weight excluding hydrogens is 308 g/mol. The highest BCUT2D eigenvalue weighted by Crippen LogP contribution is 2.25. The van der Waals surface area contributed by atoms with E-state index in [1.165, 1.54) is 30.6 Å². The molecule has 0 amide bonds. The third-order valence-electron chi connectivity index (χ3n) is 2.94. The second kappa shape index (κ2) is 5.84. The van der Waals surface area contributed by atoms with Crippen LogP contribution >= 0.6 is 0 Å². The summed E-state index contributed by atoms with van der Waals surface area (Å²) in [4.78, 5) is 18.4. The van der Waals surface area contributed by atoms with E-state index in [2.05, 4.69) is 15.3 Å². The summed E-state index contributed by atoms with van der Waals surface area (Å²) >= 11 is 0. The molecule has 0 spiro atoms. The number of carbonyl (C=O) groups is 1. The van der Waals surface area contributed by atoms with E-state index in [0.717, 1.165) is 12.1 Å². The fraction of sp³-hybridized carbons (Fsp3) is 0. The Morgan fingerprint density at radius 3 is 2.57 bits per heavy atom. The quantitative estimate of drug-likeness (QED) is 0.766. The molecule has 3 aromatic rings. The molecule has 3 rings (SSSR count). The largest absolute Gasteiger partial charge is 0.477 e. The van der Waals surface area contributed by atoms with Crippen molar-refractivity contribution in [3.05, 3.63) is 60.1 Å². The van der Waals surface area contributed by atoms with Crippen LogP contribution < -0.4 is 5.32 Å². The predicted octanol–water partition coefficient (Wildman–Crippen LogP) is 3.46. The Kier molecular flexibility index (Phi) is 3.71. The van der Waals surface area contributed by atoms with Crippen LogP contribution in [0.2, 0.25) is 0 Å². The van der Waals surface area contributed by atoms with E-state index in [9.17, 15) is 13.6 Å². The van der Waals surface area contributed by atoms with E-state index in [1.807, 2.05) is 0 Å². The number of carboxylic acids is 1. The number of pyridine rings is 1. The predicted molar refractivity (Wildman–Crippen MR) is 76.3 cm³/mol. The number of oxazole rings is 1. The second-order valence-electron chi connectivity index (χ2n) is 4.52. The van der Waals surface area contributed by atoms with Crippen LogP contribution in [0.4, 0.5) is 20.5 Å². The maximum atomic E-state index is 13.2. The van der Waals surface area contributed by atoms with Gasteiger partial charge in [0.05, 0.1) is 18.1 Å². The van der Waals surface area contributed by atoms with Crippen molar-refractivity contribution in [1.82, 2.24) is 9.97 Å². The number of aromatic carboxylic acids is 1. The topological polar surface area (TPSA) is 88.2 Å². The van der Waals surface area contributed by atoms with Crippen LogP contribution in [0, 0.1) is 11.6 Å². The number of nitrogens with zero attached hydrogens (tertiary/aromatic N) is 2. The van der Waals surface area contributed by atoms with Gasteiger partial charge in [0.2, 0.25) is 0 Å². The first-order valence-corrected chi connectivity index (χ1v) is 6.40. The average Bonchev–Trinajstić information content (AvgIpc) is 2.99. The van der Waals surface area contributed by atoms with Gasteiger partial charge in [-0.1, -0.05) is 0 Å². The Balaban J connectivity index is 1.79. The van der Waals surface area contributed by atoms with Gasteiger partial charge in [-0.3, -0.25) is 0 Å². The van der Waals surface area contributed by atoms with Crippen molar-refractivity contribution in [3.8, 4) is 11.3 Å². The average molecular weight is 317 g/mol. The molecule has 6 nitrogen and oxygen atoms in total. The molecule has 0 fully saturated rings. The monoisotopic (exact) mass is 317 g/mol. The molecule has 0 aliphatic rings. The summed E-state index contributed by atoms with van der Waals surface area (Å²) in [5.74, 6) is -2.81. The lowest BCUT2D eigenvalue weighted by Crippen LogP contribution is -2.00. The van der Waals surface area contributed by atoms with Crippen LogP contribution in [-0.4, -0.2) is 21.0 Å².